The highest BCUT2D eigenvalue weighted by molar-refractivity contribution is 7.91. The molecule has 1 aliphatic rings. The molecule has 2 heterocycles. The number of H-pyrrole nitrogens is 1. The van der Waals surface area contributed by atoms with E-state index in [0.717, 1.165) is 42.4 Å². The first-order chi connectivity index (χ1) is 11.2. The number of fused-ring (bicyclic) bond motifs is 2. The van der Waals surface area contributed by atoms with E-state index in [1.165, 1.54) is 5.56 Å². The average molecular weight is 326 g/mol. The molecule has 0 amide bonds. The minimum absolute atomic E-state index is 0.347. The Hall–Kier alpha value is -2.11. The van der Waals surface area contributed by atoms with Gasteiger partial charge in [-0.3, -0.25) is 0 Å². The van der Waals surface area contributed by atoms with Crippen molar-refractivity contribution in [3.63, 3.8) is 0 Å². The smallest absolute Gasteiger partial charge is 0.208 e. The fourth-order valence-corrected chi connectivity index (χ4v) is 4.69. The van der Waals surface area contributed by atoms with Crippen molar-refractivity contribution < 1.29 is 8.42 Å². The zero-order valence-corrected chi connectivity index (χ0v) is 13.5. The summed E-state index contributed by atoms with van der Waals surface area (Å²) in [7, 11) is -3.52. The summed E-state index contributed by atoms with van der Waals surface area (Å²) in [6.07, 6.45) is 3.41. The van der Waals surface area contributed by atoms with Crippen LogP contribution in [0.5, 0.6) is 0 Å². The van der Waals surface area contributed by atoms with Gasteiger partial charge in [-0.15, -0.1) is 0 Å². The normalized spacial score (nSPS) is 15.3. The number of hydrogen-bond donors (Lipinski definition) is 2. The molecule has 0 unspecified atom stereocenters. The second-order valence-electron chi connectivity index (χ2n) is 5.88. The van der Waals surface area contributed by atoms with Gasteiger partial charge in [0.15, 0.2) is 0 Å². The molecule has 4 nitrogen and oxygen atoms in total. The molecule has 118 valence electrons. The summed E-state index contributed by atoms with van der Waals surface area (Å²) in [5.74, 6) is 0. The third-order valence-electron chi connectivity index (χ3n) is 4.47. The molecule has 0 bridgehead atoms. The minimum atomic E-state index is -3.52. The molecule has 1 aliphatic heterocycles. The van der Waals surface area contributed by atoms with E-state index in [1.54, 1.807) is 12.3 Å². The number of hydrogen-bond acceptors (Lipinski definition) is 3. The molecular weight excluding hydrogens is 308 g/mol. The lowest BCUT2D eigenvalue weighted by molar-refractivity contribution is 0.596. The highest BCUT2D eigenvalue weighted by Gasteiger charge is 2.22. The van der Waals surface area contributed by atoms with Crippen molar-refractivity contribution in [2.75, 3.05) is 13.1 Å². The second-order valence-corrected chi connectivity index (χ2v) is 7.80. The van der Waals surface area contributed by atoms with E-state index in [1.807, 2.05) is 36.4 Å². The van der Waals surface area contributed by atoms with E-state index in [9.17, 15) is 8.42 Å². The Labute approximate surface area is 135 Å². The molecule has 0 saturated carbocycles. The van der Waals surface area contributed by atoms with Crippen LogP contribution in [0.4, 0.5) is 0 Å². The van der Waals surface area contributed by atoms with Crippen LogP contribution in [-0.2, 0) is 22.7 Å². The Morgan fingerprint density at radius 3 is 2.57 bits per heavy atom. The van der Waals surface area contributed by atoms with Gasteiger partial charge in [-0.25, -0.2) is 8.42 Å². The van der Waals surface area contributed by atoms with Gasteiger partial charge in [-0.05, 0) is 55.3 Å². The number of rotatable bonds is 2. The lowest BCUT2D eigenvalue weighted by atomic mass is 10.0. The van der Waals surface area contributed by atoms with Gasteiger partial charge in [0, 0.05) is 17.1 Å². The monoisotopic (exact) mass is 326 g/mol. The van der Waals surface area contributed by atoms with Gasteiger partial charge in [-0.2, -0.15) is 0 Å². The van der Waals surface area contributed by atoms with Crippen molar-refractivity contribution >= 4 is 20.7 Å². The van der Waals surface area contributed by atoms with Gasteiger partial charge in [0.1, 0.15) is 0 Å². The molecule has 2 N–H and O–H groups in total. The predicted molar refractivity (Wildman–Crippen MR) is 90.5 cm³/mol. The Bertz CT molecular complexity index is 974. The van der Waals surface area contributed by atoms with E-state index in [4.69, 9.17) is 0 Å². The van der Waals surface area contributed by atoms with Crippen molar-refractivity contribution in [1.82, 2.24) is 10.3 Å². The van der Waals surface area contributed by atoms with Crippen molar-refractivity contribution in [2.45, 2.75) is 22.6 Å². The van der Waals surface area contributed by atoms with Gasteiger partial charge in [0.05, 0.1) is 9.79 Å². The van der Waals surface area contributed by atoms with Crippen LogP contribution in [0.15, 0.2) is 58.5 Å². The summed E-state index contributed by atoms with van der Waals surface area (Å²) < 4.78 is 26.1. The second kappa shape index (κ2) is 5.51. The van der Waals surface area contributed by atoms with Gasteiger partial charge in [-0.1, -0.05) is 24.3 Å². The molecule has 1 aromatic heterocycles. The number of aromatic amines is 1. The van der Waals surface area contributed by atoms with Crippen LogP contribution in [0.25, 0.3) is 10.9 Å². The summed E-state index contributed by atoms with van der Waals surface area (Å²) in [4.78, 5) is 3.77. The molecule has 5 heteroatoms. The summed E-state index contributed by atoms with van der Waals surface area (Å²) >= 11 is 0. The van der Waals surface area contributed by atoms with E-state index >= 15 is 0 Å². The van der Waals surface area contributed by atoms with E-state index in [2.05, 4.69) is 10.3 Å². The number of benzene rings is 2. The van der Waals surface area contributed by atoms with Crippen molar-refractivity contribution in [1.29, 1.82) is 0 Å². The van der Waals surface area contributed by atoms with Gasteiger partial charge < -0.3 is 10.3 Å². The standard InChI is InChI=1S/C18H18N2O2S/c21-23(22,18-12-20-17-4-2-1-3-16(17)18)15-6-5-13-7-9-19-10-8-14(13)11-15/h1-6,11-12,19-20H,7-10H2. The fraction of sp³-hybridized carbons (Fsp3) is 0.222. The maximum absolute atomic E-state index is 13.0. The molecule has 0 atom stereocenters. The molecule has 0 aliphatic carbocycles. The molecule has 0 spiro atoms. The first-order valence-corrected chi connectivity index (χ1v) is 9.28. The van der Waals surface area contributed by atoms with Crippen LogP contribution < -0.4 is 5.32 Å². The predicted octanol–water partition coefficient (Wildman–Crippen LogP) is 2.69. The van der Waals surface area contributed by atoms with Crippen LogP contribution in [0.2, 0.25) is 0 Å². The summed E-state index contributed by atoms with van der Waals surface area (Å²) in [6, 6.07) is 13.0. The highest BCUT2D eigenvalue weighted by atomic mass is 32.2. The molecule has 0 saturated heterocycles. The average Bonchev–Trinajstić information content (AvgIpc) is 2.86. The number of aromatic nitrogens is 1. The van der Waals surface area contributed by atoms with Crippen LogP contribution in [0, 0.1) is 0 Å². The van der Waals surface area contributed by atoms with Crippen molar-refractivity contribution in [3.05, 3.63) is 59.8 Å². The van der Waals surface area contributed by atoms with Crippen LogP contribution >= 0.6 is 0 Å². The summed E-state index contributed by atoms with van der Waals surface area (Å²) in [5, 5.41) is 4.09. The topological polar surface area (TPSA) is 62.0 Å². The molecule has 3 aromatic rings. The molecule has 23 heavy (non-hydrogen) atoms. The summed E-state index contributed by atoms with van der Waals surface area (Å²) in [5.41, 5.74) is 3.22. The Kier molecular flexibility index (Phi) is 3.47. The SMILES string of the molecule is O=S(=O)(c1ccc2c(c1)CCNCC2)c1c[nH]c2ccccc12. The zero-order chi connectivity index (χ0) is 15.9. The van der Waals surface area contributed by atoms with Gasteiger partial charge in [0.25, 0.3) is 0 Å². The maximum atomic E-state index is 13.0. The van der Waals surface area contributed by atoms with E-state index < -0.39 is 9.84 Å². The Morgan fingerprint density at radius 1 is 0.913 bits per heavy atom. The zero-order valence-electron chi connectivity index (χ0n) is 12.7. The quantitative estimate of drug-likeness (QED) is 0.761. The van der Waals surface area contributed by atoms with Crippen LogP contribution in [0.1, 0.15) is 11.1 Å². The fourth-order valence-electron chi connectivity index (χ4n) is 3.21. The third kappa shape index (κ3) is 2.46. The maximum Gasteiger partial charge on any atom is 0.208 e. The van der Waals surface area contributed by atoms with E-state index in [-0.39, 0.29) is 0 Å². The first kappa shape index (κ1) is 14.5. The van der Waals surface area contributed by atoms with Crippen LogP contribution in [0.3, 0.4) is 0 Å². The summed E-state index contributed by atoms with van der Waals surface area (Å²) in [6.45, 7) is 1.84. The largest absolute Gasteiger partial charge is 0.360 e. The van der Waals surface area contributed by atoms with Crippen molar-refractivity contribution in [2.24, 2.45) is 0 Å². The minimum Gasteiger partial charge on any atom is -0.360 e. The molecule has 2 aromatic carbocycles. The molecule has 0 fully saturated rings. The Morgan fingerprint density at radius 2 is 1.70 bits per heavy atom. The number of para-hydroxylation sites is 1. The molecule has 0 radical (unpaired) electrons. The highest BCUT2D eigenvalue weighted by Crippen LogP contribution is 2.29. The third-order valence-corrected chi connectivity index (χ3v) is 6.26. The first-order valence-electron chi connectivity index (χ1n) is 7.80. The molecular formula is C18H18N2O2S. The Balaban J connectivity index is 1.84. The van der Waals surface area contributed by atoms with Crippen molar-refractivity contribution in [3.8, 4) is 0 Å². The number of sulfone groups is 1. The molecule has 4 rings (SSSR count). The van der Waals surface area contributed by atoms with Gasteiger partial charge >= 0.3 is 0 Å². The number of nitrogens with one attached hydrogen (secondary N) is 2. The van der Waals surface area contributed by atoms with Crippen LogP contribution in [-0.4, -0.2) is 26.5 Å². The lowest BCUT2D eigenvalue weighted by Crippen LogP contribution is -2.16. The lowest BCUT2D eigenvalue weighted by Gasteiger charge is -2.09. The van der Waals surface area contributed by atoms with Gasteiger partial charge in [0.2, 0.25) is 9.84 Å². The van der Waals surface area contributed by atoms with E-state index in [0.29, 0.717) is 9.79 Å².